The van der Waals surface area contributed by atoms with Gasteiger partial charge in [-0.2, -0.15) is 0 Å². The largest absolute Gasteiger partial charge is 0.469 e. The van der Waals surface area contributed by atoms with E-state index in [1.807, 2.05) is 31.7 Å². The molecule has 1 aromatic carbocycles. The van der Waals surface area contributed by atoms with Crippen LogP contribution in [0.5, 0.6) is 0 Å². The van der Waals surface area contributed by atoms with Crippen LogP contribution in [0.25, 0.3) is 0 Å². The van der Waals surface area contributed by atoms with Crippen molar-refractivity contribution in [3.8, 4) is 0 Å². The third-order valence-electron chi connectivity index (χ3n) is 7.84. The molecule has 0 radical (unpaired) electrons. The Bertz CT molecular complexity index is 1060. The number of hydrogen-bond acceptors (Lipinski definition) is 5. The van der Waals surface area contributed by atoms with Gasteiger partial charge in [-0.3, -0.25) is 14.4 Å². The average Bonchev–Trinajstić information content (AvgIpc) is 3.48. The third kappa shape index (κ3) is 9.51. The zero-order valence-corrected chi connectivity index (χ0v) is 24.5. The minimum atomic E-state index is -0.473. The van der Waals surface area contributed by atoms with Gasteiger partial charge in [0.1, 0.15) is 5.76 Å². The minimum Gasteiger partial charge on any atom is -0.469 e. The first-order chi connectivity index (χ1) is 19.3. The molecule has 0 saturated heterocycles. The maximum absolute atomic E-state index is 13.4. The molecular weight excluding hydrogens is 504 g/mol. The number of rotatable bonds is 15. The number of amides is 3. The van der Waals surface area contributed by atoms with Gasteiger partial charge in [0.2, 0.25) is 5.91 Å². The molecule has 40 heavy (non-hydrogen) atoms. The van der Waals surface area contributed by atoms with E-state index in [9.17, 15) is 14.4 Å². The normalized spacial score (nSPS) is 16.1. The van der Waals surface area contributed by atoms with Crippen LogP contribution in [0.2, 0.25) is 0 Å². The molecule has 4 N–H and O–H groups in total. The average molecular weight is 553 g/mol. The molecule has 2 aromatic rings. The van der Waals surface area contributed by atoms with E-state index in [4.69, 9.17) is 10.2 Å². The second-order valence-corrected chi connectivity index (χ2v) is 11.3. The molecule has 3 rings (SSSR count). The number of carbonyl (C=O) groups is 3. The maximum atomic E-state index is 13.4. The fourth-order valence-corrected chi connectivity index (χ4v) is 5.53. The number of carbonyl (C=O) groups excluding carboxylic acids is 3. The summed E-state index contributed by atoms with van der Waals surface area (Å²) in [6, 6.07) is 9.55. The predicted molar refractivity (Wildman–Crippen MR) is 158 cm³/mol. The quantitative estimate of drug-likeness (QED) is 0.290. The fourth-order valence-electron chi connectivity index (χ4n) is 5.53. The van der Waals surface area contributed by atoms with Gasteiger partial charge in [-0.1, -0.05) is 46.1 Å². The molecule has 1 aromatic heterocycles. The smallest absolute Gasteiger partial charge is 0.253 e. The van der Waals surface area contributed by atoms with E-state index in [1.165, 1.54) is 32.1 Å². The highest BCUT2D eigenvalue weighted by atomic mass is 16.3. The summed E-state index contributed by atoms with van der Waals surface area (Å²) in [5.41, 5.74) is 7.51. The number of nitrogens with one attached hydrogen (secondary N) is 2. The second kappa shape index (κ2) is 16.2. The first kappa shape index (κ1) is 31.4. The van der Waals surface area contributed by atoms with Crippen LogP contribution in [0.1, 0.15) is 98.6 Å². The first-order valence-electron chi connectivity index (χ1n) is 15.1. The number of furan rings is 1. The summed E-state index contributed by atoms with van der Waals surface area (Å²) in [5, 5.41) is 6.18. The van der Waals surface area contributed by atoms with Gasteiger partial charge >= 0.3 is 0 Å². The van der Waals surface area contributed by atoms with E-state index >= 15 is 0 Å². The van der Waals surface area contributed by atoms with Crippen LogP contribution in [-0.2, 0) is 11.2 Å². The van der Waals surface area contributed by atoms with Crippen LogP contribution < -0.4 is 16.4 Å². The number of benzene rings is 1. The predicted octanol–water partition coefficient (Wildman–Crippen LogP) is 4.93. The number of nitrogens with two attached hydrogens (primary N) is 1. The van der Waals surface area contributed by atoms with Crippen LogP contribution >= 0.6 is 0 Å². The lowest BCUT2D eigenvalue weighted by Gasteiger charge is -2.27. The summed E-state index contributed by atoms with van der Waals surface area (Å²) in [7, 11) is 0. The molecule has 0 spiro atoms. The SMILES string of the molecule is CCCN(CCC)C(=O)c1cccc(C(=O)N[C@@H](Cc2ccco2)[C@@H](N)C[C@@H](C)C(=O)NCC2CCCCC2)c1. The summed E-state index contributed by atoms with van der Waals surface area (Å²) in [6.45, 7) is 8.04. The van der Waals surface area contributed by atoms with Crippen LogP contribution in [0.4, 0.5) is 0 Å². The first-order valence-corrected chi connectivity index (χ1v) is 15.1. The lowest BCUT2D eigenvalue weighted by atomic mass is 9.89. The Morgan fingerprint density at radius 3 is 2.38 bits per heavy atom. The van der Waals surface area contributed by atoms with Crippen LogP contribution in [-0.4, -0.2) is 54.3 Å². The Balaban J connectivity index is 1.66. The van der Waals surface area contributed by atoms with E-state index < -0.39 is 12.1 Å². The molecule has 3 atom stereocenters. The van der Waals surface area contributed by atoms with Crippen molar-refractivity contribution in [1.29, 1.82) is 0 Å². The van der Waals surface area contributed by atoms with E-state index in [2.05, 4.69) is 10.6 Å². The van der Waals surface area contributed by atoms with Crippen molar-refractivity contribution in [3.05, 3.63) is 59.5 Å². The monoisotopic (exact) mass is 552 g/mol. The van der Waals surface area contributed by atoms with E-state index in [0.717, 1.165) is 12.8 Å². The Morgan fingerprint density at radius 1 is 1.02 bits per heavy atom. The maximum Gasteiger partial charge on any atom is 0.253 e. The fraction of sp³-hybridized carbons (Fsp3) is 0.594. The van der Waals surface area contributed by atoms with Crippen LogP contribution in [0.3, 0.4) is 0 Å². The Labute approximate surface area is 239 Å². The molecular formula is C32H48N4O4. The molecule has 1 saturated carbocycles. The van der Waals surface area contributed by atoms with Crippen LogP contribution in [0, 0.1) is 11.8 Å². The number of hydrogen-bond donors (Lipinski definition) is 3. The van der Waals surface area contributed by atoms with Crippen molar-refractivity contribution in [2.75, 3.05) is 19.6 Å². The molecule has 1 heterocycles. The molecule has 0 unspecified atom stereocenters. The zero-order chi connectivity index (χ0) is 28.9. The lowest BCUT2D eigenvalue weighted by Crippen LogP contribution is -2.50. The van der Waals surface area contributed by atoms with E-state index in [-0.39, 0.29) is 23.6 Å². The van der Waals surface area contributed by atoms with Gasteiger partial charge in [0.25, 0.3) is 11.8 Å². The highest BCUT2D eigenvalue weighted by Crippen LogP contribution is 2.23. The Morgan fingerprint density at radius 2 is 1.73 bits per heavy atom. The Kier molecular flexibility index (Phi) is 12.7. The zero-order valence-electron chi connectivity index (χ0n) is 24.5. The number of nitrogens with zero attached hydrogens (tertiary/aromatic N) is 1. The van der Waals surface area contributed by atoms with Gasteiger partial charge in [-0.05, 0) is 68.4 Å². The molecule has 0 aliphatic heterocycles. The van der Waals surface area contributed by atoms with Crippen molar-refractivity contribution >= 4 is 17.7 Å². The summed E-state index contributed by atoms with van der Waals surface area (Å²) in [4.78, 5) is 41.2. The van der Waals surface area contributed by atoms with Crippen molar-refractivity contribution in [3.63, 3.8) is 0 Å². The highest BCUT2D eigenvalue weighted by Gasteiger charge is 2.27. The summed E-state index contributed by atoms with van der Waals surface area (Å²) in [5.74, 6) is 0.582. The van der Waals surface area contributed by atoms with Crippen LogP contribution in [0.15, 0.2) is 47.1 Å². The molecule has 8 heteroatoms. The molecule has 1 aliphatic rings. The second-order valence-electron chi connectivity index (χ2n) is 11.3. The van der Waals surface area contributed by atoms with Crippen molar-refractivity contribution in [2.24, 2.45) is 17.6 Å². The van der Waals surface area contributed by atoms with Gasteiger partial charge in [0.05, 0.1) is 12.3 Å². The molecule has 0 bridgehead atoms. The highest BCUT2D eigenvalue weighted by molar-refractivity contribution is 5.99. The molecule has 220 valence electrons. The molecule has 1 fully saturated rings. The summed E-state index contributed by atoms with van der Waals surface area (Å²) < 4.78 is 5.55. The molecule has 1 aliphatic carbocycles. The summed E-state index contributed by atoms with van der Waals surface area (Å²) in [6.07, 6.45) is 10.3. The van der Waals surface area contributed by atoms with Crippen molar-refractivity contribution in [2.45, 2.75) is 90.6 Å². The van der Waals surface area contributed by atoms with E-state index in [0.29, 0.717) is 55.3 Å². The van der Waals surface area contributed by atoms with E-state index in [1.54, 1.807) is 36.6 Å². The topological polar surface area (TPSA) is 118 Å². The third-order valence-corrected chi connectivity index (χ3v) is 7.84. The molecule has 3 amide bonds. The van der Waals surface area contributed by atoms with Gasteiger partial charge in [0.15, 0.2) is 0 Å². The van der Waals surface area contributed by atoms with Gasteiger partial charge in [0, 0.05) is 49.1 Å². The lowest BCUT2D eigenvalue weighted by molar-refractivity contribution is -0.125. The Hall–Kier alpha value is -3.13. The van der Waals surface area contributed by atoms with Gasteiger partial charge in [-0.15, -0.1) is 0 Å². The summed E-state index contributed by atoms with van der Waals surface area (Å²) >= 11 is 0. The molecule has 8 nitrogen and oxygen atoms in total. The van der Waals surface area contributed by atoms with Gasteiger partial charge in [-0.25, -0.2) is 0 Å². The van der Waals surface area contributed by atoms with Crippen molar-refractivity contribution in [1.82, 2.24) is 15.5 Å². The minimum absolute atomic E-state index is 0.000903. The standard InChI is InChI=1S/C32H48N4O4/c1-4-16-36(17-5-2)32(39)26-14-9-13-25(20-26)31(38)35-29(21-27-15-10-18-40-27)28(33)19-23(3)30(37)34-22-24-11-7-6-8-12-24/h9-10,13-15,18,20,23-24,28-29H,4-8,11-12,16-17,19,21-22,33H2,1-3H3,(H,34,37)(H,35,38)/t23-,28+,29+/m1/s1. The van der Waals surface area contributed by atoms with Crippen molar-refractivity contribution < 1.29 is 18.8 Å². The van der Waals surface area contributed by atoms with Gasteiger partial charge < -0.3 is 25.7 Å².